The standard InChI is InChI=1S/C25H23NO4/c1-16-4-2-7-20(13-23(27)28)24(16)30-15-18-11-21-8-9-29-25(21)22(12-18)19-6-3-5-17(10-19)14-26/h2-12H,13-15,26H2,1H3,(H,27,28). The summed E-state index contributed by atoms with van der Waals surface area (Å²) in [4.78, 5) is 11.2. The molecule has 0 unspecified atom stereocenters. The molecule has 0 aliphatic heterocycles. The highest BCUT2D eigenvalue weighted by Gasteiger charge is 2.13. The lowest BCUT2D eigenvalue weighted by atomic mass is 9.99. The van der Waals surface area contributed by atoms with Crippen LogP contribution in [0.3, 0.4) is 0 Å². The number of aryl methyl sites for hydroxylation is 1. The molecule has 0 spiro atoms. The average molecular weight is 401 g/mol. The number of furan rings is 1. The first-order valence-corrected chi connectivity index (χ1v) is 9.77. The summed E-state index contributed by atoms with van der Waals surface area (Å²) >= 11 is 0. The smallest absolute Gasteiger partial charge is 0.307 e. The van der Waals surface area contributed by atoms with Gasteiger partial charge < -0.3 is 20.0 Å². The lowest BCUT2D eigenvalue weighted by Crippen LogP contribution is -2.05. The van der Waals surface area contributed by atoms with Crippen LogP contribution < -0.4 is 10.5 Å². The molecule has 3 N–H and O–H groups in total. The predicted octanol–water partition coefficient (Wildman–Crippen LogP) is 5.07. The molecule has 0 saturated carbocycles. The second-order valence-electron chi connectivity index (χ2n) is 7.31. The minimum Gasteiger partial charge on any atom is -0.488 e. The van der Waals surface area contributed by atoms with E-state index in [0.717, 1.165) is 38.8 Å². The summed E-state index contributed by atoms with van der Waals surface area (Å²) in [6, 6.07) is 19.7. The summed E-state index contributed by atoms with van der Waals surface area (Å²) in [6.45, 7) is 2.71. The van der Waals surface area contributed by atoms with Gasteiger partial charge in [0.2, 0.25) is 0 Å². The molecule has 5 heteroatoms. The van der Waals surface area contributed by atoms with E-state index in [2.05, 4.69) is 12.1 Å². The van der Waals surface area contributed by atoms with Gasteiger partial charge in [0.1, 0.15) is 17.9 Å². The lowest BCUT2D eigenvalue weighted by molar-refractivity contribution is -0.136. The molecule has 0 atom stereocenters. The number of hydrogen-bond acceptors (Lipinski definition) is 4. The SMILES string of the molecule is Cc1cccc(CC(=O)O)c1OCc1cc(-c2cccc(CN)c2)c2occc2c1. The van der Waals surface area contributed by atoms with Crippen LogP contribution >= 0.6 is 0 Å². The van der Waals surface area contributed by atoms with E-state index in [1.54, 1.807) is 12.3 Å². The summed E-state index contributed by atoms with van der Waals surface area (Å²) in [5, 5.41) is 10.2. The van der Waals surface area contributed by atoms with E-state index in [1.807, 2.05) is 49.4 Å². The first-order chi connectivity index (χ1) is 14.5. The van der Waals surface area contributed by atoms with E-state index in [1.165, 1.54) is 0 Å². The van der Waals surface area contributed by atoms with E-state index in [9.17, 15) is 9.90 Å². The first-order valence-electron chi connectivity index (χ1n) is 9.77. The third-order valence-corrected chi connectivity index (χ3v) is 5.10. The maximum Gasteiger partial charge on any atom is 0.307 e. The van der Waals surface area contributed by atoms with Gasteiger partial charge in [-0.1, -0.05) is 36.4 Å². The Morgan fingerprint density at radius 1 is 1.07 bits per heavy atom. The van der Waals surface area contributed by atoms with Gasteiger partial charge in [0, 0.05) is 23.1 Å². The van der Waals surface area contributed by atoms with E-state index in [4.69, 9.17) is 14.9 Å². The fourth-order valence-corrected chi connectivity index (χ4v) is 3.69. The van der Waals surface area contributed by atoms with Crippen molar-refractivity contribution in [2.45, 2.75) is 26.5 Å². The zero-order valence-corrected chi connectivity index (χ0v) is 16.7. The van der Waals surface area contributed by atoms with Gasteiger partial charge in [-0.15, -0.1) is 0 Å². The zero-order chi connectivity index (χ0) is 21.1. The molecule has 152 valence electrons. The van der Waals surface area contributed by atoms with Crippen LogP contribution in [-0.2, 0) is 24.4 Å². The van der Waals surface area contributed by atoms with Crippen molar-refractivity contribution < 1.29 is 19.1 Å². The highest BCUT2D eigenvalue weighted by Crippen LogP contribution is 2.32. The van der Waals surface area contributed by atoms with Crippen LogP contribution in [0.5, 0.6) is 5.75 Å². The van der Waals surface area contributed by atoms with Gasteiger partial charge in [-0.2, -0.15) is 0 Å². The maximum atomic E-state index is 11.2. The molecule has 0 aliphatic rings. The highest BCUT2D eigenvalue weighted by atomic mass is 16.5. The first kappa shape index (κ1) is 19.7. The van der Waals surface area contributed by atoms with Crippen LogP contribution in [0.1, 0.15) is 22.3 Å². The Labute approximate surface area is 174 Å². The molecule has 0 aliphatic carbocycles. The lowest BCUT2D eigenvalue weighted by Gasteiger charge is -2.14. The molecule has 3 aromatic carbocycles. The summed E-state index contributed by atoms with van der Waals surface area (Å²) in [6.07, 6.45) is 1.60. The van der Waals surface area contributed by atoms with Crippen molar-refractivity contribution in [3.8, 4) is 16.9 Å². The summed E-state index contributed by atoms with van der Waals surface area (Å²) in [5.41, 5.74) is 12.2. The van der Waals surface area contributed by atoms with Crippen molar-refractivity contribution >= 4 is 16.9 Å². The van der Waals surface area contributed by atoms with Gasteiger partial charge >= 0.3 is 5.97 Å². The Kier molecular flexibility index (Phi) is 5.55. The minimum atomic E-state index is -0.882. The number of ether oxygens (including phenoxy) is 1. The number of rotatable bonds is 7. The number of carboxylic acid groups (broad SMARTS) is 1. The molecule has 4 rings (SSSR count). The number of nitrogens with two attached hydrogens (primary N) is 1. The van der Waals surface area contributed by atoms with Crippen LogP contribution in [0.2, 0.25) is 0 Å². The van der Waals surface area contributed by atoms with Crippen LogP contribution in [0.25, 0.3) is 22.1 Å². The number of carboxylic acids is 1. The summed E-state index contributed by atoms with van der Waals surface area (Å²) < 4.78 is 11.8. The fourth-order valence-electron chi connectivity index (χ4n) is 3.69. The molecule has 0 saturated heterocycles. The van der Waals surface area contributed by atoms with Crippen molar-refractivity contribution in [2.75, 3.05) is 0 Å². The Hall–Kier alpha value is -3.57. The maximum absolute atomic E-state index is 11.2. The second-order valence-corrected chi connectivity index (χ2v) is 7.31. The van der Waals surface area contributed by atoms with Crippen molar-refractivity contribution in [3.05, 3.63) is 89.2 Å². The molecule has 0 bridgehead atoms. The van der Waals surface area contributed by atoms with Gasteiger partial charge in [0.25, 0.3) is 0 Å². The van der Waals surface area contributed by atoms with Crippen LogP contribution in [0.15, 0.2) is 71.3 Å². The van der Waals surface area contributed by atoms with E-state index in [-0.39, 0.29) is 6.42 Å². The molecule has 0 radical (unpaired) electrons. The van der Waals surface area contributed by atoms with Crippen molar-refractivity contribution in [1.82, 2.24) is 0 Å². The number of para-hydroxylation sites is 1. The number of carbonyl (C=O) groups is 1. The van der Waals surface area contributed by atoms with Gasteiger partial charge in [-0.25, -0.2) is 0 Å². The molecular formula is C25H23NO4. The normalized spacial score (nSPS) is 11.0. The molecule has 0 amide bonds. The van der Waals surface area contributed by atoms with E-state index < -0.39 is 5.97 Å². The van der Waals surface area contributed by atoms with Crippen LogP contribution in [0.4, 0.5) is 0 Å². The fraction of sp³-hybridized carbons (Fsp3) is 0.160. The van der Waals surface area contributed by atoms with Crippen molar-refractivity contribution in [1.29, 1.82) is 0 Å². The van der Waals surface area contributed by atoms with Crippen molar-refractivity contribution in [3.63, 3.8) is 0 Å². The molecular weight excluding hydrogens is 378 g/mol. The van der Waals surface area contributed by atoms with Gasteiger partial charge in [0.05, 0.1) is 12.7 Å². The Morgan fingerprint density at radius 3 is 2.70 bits per heavy atom. The molecule has 1 aromatic heterocycles. The number of hydrogen-bond donors (Lipinski definition) is 2. The molecule has 30 heavy (non-hydrogen) atoms. The predicted molar refractivity (Wildman–Crippen MR) is 116 cm³/mol. The Morgan fingerprint density at radius 2 is 1.90 bits per heavy atom. The number of aliphatic carboxylic acids is 1. The zero-order valence-electron chi connectivity index (χ0n) is 16.7. The summed E-state index contributed by atoms with van der Waals surface area (Å²) in [5.74, 6) is -0.258. The second kappa shape index (κ2) is 8.43. The monoisotopic (exact) mass is 401 g/mol. The Bertz CT molecular complexity index is 1210. The molecule has 4 aromatic rings. The van der Waals surface area contributed by atoms with Crippen molar-refractivity contribution in [2.24, 2.45) is 5.73 Å². The van der Waals surface area contributed by atoms with E-state index in [0.29, 0.717) is 24.5 Å². The van der Waals surface area contributed by atoms with Gasteiger partial charge in [0.15, 0.2) is 0 Å². The average Bonchev–Trinajstić information content (AvgIpc) is 3.21. The minimum absolute atomic E-state index is 0.0745. The largest absolute Gasteiger partial charge is 0.488 e. The Balaban J connectivity index is 1.69. The van der Waals surface area contributed by atoms with Gasteiger partial charge in [-0.05, 0) is 53.4 Å². The number of fused-ring (bicyclic) bond motifs is 1. The van der Waals surface area contributed by atoms with E-state index >= 15 is 0 Å². The number of benzene rings is 3. The highest BCUT2D eigenvalue weighted by molar-refractivity contribution is 5.93. The quantitative estimate of drug-likeness (QED) is 0.451. The summed E-state index contributed by atoms with van der Waals surface area (Å²) in [7, 11) is 0. The van der Waals surface area contributed by atoms with Crippen LogP contribution in [-0.4, -0.2) is 11.1 Å². The third kappa shape index (κ3) is 4.07. The van der Waals surface area contributed by atoms with Crippen LogP contribution in [0, 0.1) is 6.92 Å². The third-order valence-electron chi connectivity index (χ3n) is 5.10. The molecule has 0 fully saturated rings. The van der Waals surface area contributed by atoms with Gasteiger partial charge in [-0.3, -0.25) is 4.79 Å². The molecule has 5 nitrogen and oxygen atoms in total. The molecule has 1 heterocycles. The topological polar surface area (TPSA) is 85.7 Å².